The Morgan fingerprint density at radius 3 is 2.89 bits per heavy atom. The Morgan fingerprint density at radius 1 is 1.44 bits per heavy atom. The Kier molecular flexibility index (Phi) is 3.05. The number of nitrogens with zero attached hydrogens (tertiary/aromatic N) is 3. The van der Waals surface area contributed by atoms with Gasteiger partial charge >= 0.3 is 5.69 Å². The fraction of sp³-hybridized carbons (Fsp3) is 0.0909. The van der Waals surface area contributed by atoms with Gasteiger partial charge in [-0.2, -0.15) is 0 Å². The maximum atomic E-state index is 11.4. The fourth-order valence-electron chi connectivity index (χ4n) is 1.53. The molecule has 2 rings (SSSR count). The van der Waals surface area contributed by atoms with E-state index in [0.717, 1.165) is 0 Å². The van der Waals surface area contributed by atoms with Crippen molar-refractivity contribution in [2.75, 3.05) is 5.73 Å². The van der Waals surface area contributed by atoms with Crippen molar-refractivity contribution in [1.29, 1.82) is 0 Å². The molecule has 0 aliphatic heterocycles. The van der Waals surface area contributed by atoms with Gasteiger partial charge in [0.05, 0.1) is 11.5 Å². The van der Waals surface area contributed by atoms with Crippen LogP contribution in [-0.2, 0) is 6.54 Å². The van der Waals surface area contributed by atoms with Crippen molar-refractivity contribution >= 4 is 11.4 Å². The van der Waals surface area contributed by atoms with Gasteiger partial charge in [0.2, 0.25) is 0 Å². The van der Waals surface area contributed by atoms with Gasteiger partial charge in [0.15, 0.2) is 0 Å². The maximum absolute atomic E-state index is 11.4. The van der Waals surface area contributed by atoms with E-state index >= 15 is 0 Å². The normalized spacial score (nSPS) is 10.2. The van der Waals surface area contributed by atoms with Crippen molar-refractivity contribution in [2.45, 2.75) is 6.54 Å². The van der Waals surface area contributed by atoms with Crippen LogP contribution in [-0.4, -0.2) is 14.5 Å². The summed E-state index contributed by atoms with van der Waals surface area (Å²) in [6, 6.07) is 5.74. The summed E-state index contributed by atoms with van der Waals surface area (Å²) >= 11 is 0. The second-order valence-electron chi connectivity index (χ2n) is 3.67. The summed E-state index contributed by atoms with van der Waals surface area (Å²) in [4.78, 5) is 25.2. The van der Waals surface area contributed by atoms with Crippen LogP contribution in [0.5, 0.6) is 0 Å². The molecule has 0 saturated heterocycles. The van der Waals surface area contributed by atoms with Crippen molar-refractivity contribution in [2.24, 2.45) is 0 Å². The fourth-order valence-corrected chi connectivity index (χ4v) is 1.53. The van der Waals surface area contributed by atoms with Gasteiger partial charge in [-0.25, -0.2) is 9.78 Å². The molecule has 0 aliphatic carbocycles. The Balaban J connectivity index is 2.40. The van der Waals surface area contributed by atoms with Crippen molar-refractivity contribution < 1.29 is 4.92 Å². The molecule has 0 radical (unpaired) electrons. The minimum atomic E-state index is -0.505. The molecule has 0 amide bonds. The second kappa shape index (κ2) is 4.66. The van der Waals surface area contributed by atoms with Crippen LogP contribution < -0.4 is 11.4 Å². The largest absolute Gasteiger partial charge is 0.398 e. The Morgan fingerprint density at radius 2 is 2.22 bits per heavy atom. The third-order valence-electron chi connectivity index (χ3n) is 2.46. The second-order valence-corrected chi connectivity index (χ2v) is 3.67. The first-order valence-corrected chi connectivity index (χ1v) is 5.12. The zero-order chi connectivity index (χ0) is 13.1. The summed E-state index contributed by atoms with van der Waals surface area (Å²) in [6.07, 6.45) is 2.93. The molecular weight excluding hydrogens is 236 g/mol. The molecule has 92 valence electrons. The van der Waals surface area contributed by atoms with Crippen LogP contribution in [0.2, 0.25) is 0 Å². The summed E-state index contributed by atoms with van der Waals surface area (Å²) < 4.78 is 1.33. The first-order chi connectivity index (χ1) is 8.58. The van der Waals surface area contributed by atoms with Gasteiger partial charge in [0.1, 0.15) is 0 Å². The molecule has 0 saturated carbocycles. The molecule has 0 spiro atoms. The zero-order valence-corrected chi connectivity index (χ0v) is 9.31. The quantitative estimate of drug-likeness (QED) is 0.489. The average molecular weight is 246 g/mol. The predicted octanol–water partition coefficient (Wildman–Crippen LogP) is 0.782. The van der Waals surface area contributed by atoms with E-state index in [1.165, 1.54) is 29.0 Å². The first-order valence-electron chi connectivity index (χ1n) is 5.12. The van der Waals surface area contributed by atoms with Gasteiger partial charge in [0, 0.05) is 35.8 Å². The summed E-state index contributed by atoms with van der Waals surface area (Å²) in [6.45, 7) is 0.153. The Labute approximate surface area is 102 Å². The minimum absolute atomic E-state index is 0.0591. The highest BCUT2D eigenvalue weighted by Crippen LogP contribution is 2.20. The van der Waals surface area contributed by atoms with Crippen molar-refractivity contribution in [3.8, 4) is 0 Å². The van der Waals surface area contributed by atoms with E-state index in [1.807, 2.05) is 0 Å². The molecule has 0 aliphatic rings. The molecule has 2 aromatic rings. The van der Waals surface area contributed by atoms with Gasteiger partial charge in [0.25, 0.3) is 5.69 Å². The highest BCUT2D eigenvalue weighted by Gasteiger charge is 2.10. The summed E-state index contributed by atoms with van der Waals surface area (Å²) in [5.74, 6) is 0. The third kappa shape index (κ3) is 2.34. The number of nitrogen functional groups attached to an aromatic ring is 1. The van der Waals surface area contributed by atoms with Crippen LogP contribution in [0.25, 0.3) is 0 Å². The molecule has 0 atom stereocenters. The van der Waals surface area contributed by atoms with Gasteiger partial charge in [-0.1, -0.05) is 0 Å². The lowest BCUT2D eigenvalue weighted by atomic mass is 10.1. The smallest absolute Gasteiger partial charge is 0.347 e. The van der Waals surface area contributed by atoms with E-state index in [9.17, 15) is 14.9 Å². The van der Waals surface area contributed by atoms with Gasteiger partial charge < -0.3 is 5.73 Å². The molecule has 2 N–H and O–H groups in total. The maximum Gasteiger partial charge on any atom is 0.347 e. The SMILES string of the molecule is Nc1ccc([N+](=O)[O-])cc1Cn1cccnc1=O. The molecule has 7 nitrogen and oxygen atoms in total. The van der Waals surface area contributed by atoms with Crippen molar-refractivity contribution in [3.63, 3.8) is 0 Å². The average Bonchev–Trinajstić information content (AvgIpc) is 2.34. The van der Waals surface area contributed by atoms with Gasteiger partial charge in [-0.15, -0.1) is 0 Å². The lowest BCUT2D eigenvalue weighted by Crippen LogP contribution is -2.22. The van der Waals surface area contributed by atoms with E-state index in [2.05, 4.69) is 4.98 Å². The van der Waals surface area contributed by atoms with E-state index in [-0.39, 0.29) is 12.2 Å². The van der Waals surface area contributed by atoms with Crippen LogP contribution in [0.4, 0.5) is 11.4 Å². The third-order valence-corrected chi connectivity index (χ3v) is 2.46. The number of hydrogen-bond donors (Lipinski definition) is 1. The summed E-state index contributed by atoms with van der Waals surface area (Å²) in [5.41, 5.74) is 6.16. The van der Waals surface area contributed by atoms with Crippen LogP contribution in [0.15, 0.2) is 41.5 Å². The van der Waals surface area contributed by atoms with Gasteiger partial charge in [-0.3, -0.25) is 14.7 Å². The van der Waals surface area contributed by atoms with E-state index in [0.29, 0.717) is 11.3 Å². The van der Waals surface area contributed by atoms with Crippen LogP contribution in [0, 0.1) is 10.1 Å². The number of nitro benzene ring substituents is 1. The number of nitrogens with two attached hydrogens (primary N) is 1. The number of benzene rings is 1. The van der Waals surface area contributed by atoms with Crippen molar-refractivity contribution in [1.82, 2.24) is 9.55 Å². The Bertz CT molecular complexity index is 651. The molecule has 0 bridgehead atoms. The monoisotopic (exact) mass is 246 g/mol. The molecule has 18 heavy (non-hydrogen) atoms. The van der Waals surface area contributed by atoms with E-state index in [1.54, 1.807) is 12.3 Å². The first kappa shape index (κ1) is 11.8. The lowest BCUT2D eigenvalue weighted by molar-refractivity contribution is -0.384. The Hall–Kier alpha value is -2.70. The van der Waals surface area contributed by atoms with Crippen LogP contribution in [0.1, 0.15) is 5.56 Å². The number of aromatic nitrogens is 2. The van der Waals surface area contributed by atoms with Crippen molar-refractivity contribution in [3.05, 3.63) is 62.8 Å². The molecular formula is C11H10N4O3. The molecule has 0 unspecified atom stereocenters. The van der Waals surface area contributed by atoms with Gasteiger partial charge in [-0.05, 0) is 12.1 Å². The summed E-state index contributed by atoms with van der Waals surface area (Å²) in [7, 11) is 0. The van der Waals surface area contributed by atoms with Crippen LogP contribution in [0.3, 0.4) is 0 Å². The number of hydrogen-bond acceptors (Lipinski definition) is 5. The summed E-state index contributed by atoms with van der Waals surface area (Å²) in [5, 5.41) is 10.7. The van der Waals surface area contributed by atoms with Crippen LogP contribution >= 0.6 is 0 Å². The topological polar surface area (TPSA) is 104 Å². The zero-order valence-electron chi connectivity index (χ0n) is 9.31. The molecule has 1 aromatic heterocycles. The predicted molar refractivity (Wildman–Crippen MR) is 65.1 cm³/mol. The van der Waals surface area contributed by atoms with E-state index < -0.39 is 10.6 Å². The highest BCUT2D eigenvalue weighted by atomic mass is 16.6. The molecule has 0 fully saturated rings. The molecule has 1 heterocycles. The molecule has 7 heteroatoms. The van der Waals surface area contributed by atoms with E-state index in [4.69, 9.17) is 5.73 Å². The number of rotatable bonds is 3. The number of non-ortho nitro benzene ring substituents is 1. The minimum Gasteiger partial charge on any atom is -0.398 e. The molecule has 1 aromatic carbocycles. The highest BCUT2D eigenvalue weighted by molar-refractivity contribution is 5.52. The number of nitro groups is 1. The number of anilines is 1. The standard InChI is InChI=1S/C11H10N4O3/c12-10-3-2-9(15(17)18)6-8(10)7-14-5-1-4-13-11(14)16/h1-6H,7,12H2. The lowest BCUT2D eigenvalue weighted by Gasteiger charge is -2.07.